The number of carbonyl (C=O) groups excluding carboxylic acids is 1. The van der Waals surface area contributed by atoms with Gasteiger partial charge in [0.15, 0.2) is 0 Å². The van der Waals surface area contributed by atoms with Crippen molar-refractivity contribution in [1.29, 1.82) is 0 Å². The summed E-state index contributed by atoms with van der Waals surface area (Å²) in [6.07, 6.45) is -2.77. The number of nitrogens with zero attached hydrogens (tertiary/aromatic N) is 1. The molecular weight excluding hydrogens is 297 g/mol. The van der Waals surface area contributed by atoms with Crippen LogP contribution in [0.2, 0.25) is 0 Å². The standard InChI is InChI=1S/C15H17F3N2O2/c1-3-13(21)20-8-7-14(2,10-20)19-11-5-4-6-12(9-11)22-15(16,17)18/h3-6,9,19H,1,7-8,10H2,2H3. The quantitative estimate of drug-likeness (QED) is 0.868. The van der Waals surface area contributed by atoms with Crippen LogP contribution < -0.4 is 10.1 Å². The van der Waals surface area contributed by atoms with Gasteiger partial charge in [-0.2, -0.15) is 0 Å². The highest BCUT2D eigenvalue weighted by Gasteiger charge is 2.35. The number of anilines is 1. The average Bonchev–Trinajstić information content (AvgIpc) is 2.78. The number of rotatable bonds is 4. The zero-order valence-corrected chi connectivity index (χ0v) is 12.1. The van der Waals surface area contributed by atoms with E-state index < -0.39 is 11.9 Å². The summed E-state index contributed by atoms with van der Waals surface area (Å²) in [7, 11) is 0. The van der Waals surface area contributed by atoms with E-state index in [1.807, 2.05) is 6.92 Å². The zero-order chi connectivity index (χ0) is 16.4. The van der Waals surface area contributed by atoms with Gasteiger partial charge in [0.2, 0.25) is 5.91 Å². The summed E-state index contributed by atoms with van der Waals surface area (Å²) in [4.78, 5) is 13.2. The van der Waals surface area contributed by atoms with Crippen LogP contribution in [0, 0.1) is 0 Å². The first-order chi connectivity index (χ1) is 10.2. The van der Waals surface area contributed by atoms with Gasteiger partial charge in [0.25, 0.3) is 0 Å². The van der Waals surface area contributed by atoms with E-state index in [-0.39, 0.29) is 11.7 Å². The molecule has 1 aliphatic rings. The number of ether oxygens (including phenoxy) is 1. The van der Waals surface area contributed by atoms with Gasteiger partial charge in [-0.05, 0) is 31.6 Å². The van der Waals surface area contributed by atoms with E-state index in [1.54, 1.807) is 11.0 Å². The lowest BCUT2D eigenvalue weighted by molar-refractivity contribution is -0.274. The maximum Gasteiger partial charge on any atom is 0.573 e. The van der Waals surface area contributed by atoms with Crippen LogP contribution in [0.4, 0.5) is 18.9 Å². The molecular formula is C15H17F3N2O2. The van der Waals surface area contributed by atoms with Crippen molar-refractivity contribution < 1.29 is 22.7 Å². The van der Waals surface area contributed by atoms with Gasteiger partial charge < -0.3 is 15.0 Å². The summed E-state index contributed by atoms with van der Waals surface area (Å²) < 4.78 is 40.6. The van der Waals surface area contributed by atoms with Crippen molar-refractivity contribution in [3.05, 3.63) is 36.9 Å². The minimum Gasteiger partial charge on any atom is -0.406 e. The van der Waals surface area contributed by atoms with Gasteiger partial charge in [0.1, 0.15) is 5.75 Å². The summed E-state index contributed by atoms with van der Waals surface area (Å²) >= 11 is 0. The van der Waals surface area contributed by atoms with Gasteiger partial charge in [-0.15, -0.1) is 13.2 Å². The molecule has 1 aliphatic heterocycles. The molecule has 1 aromatic carbocycles. The monoisotopic (exact) mass is 314 g/mol. The Hall–Kier alpha value is -2.18. The highest BCUT2D eigenvalue weighted by molar-refractivity contribution is 5.87. The second-order valence-corrected chi connectivity index (χ2v) is 5.48. The molecule has 2 rings (SSSR count). The molecule has 1 amide bonds. The van der Waals surface area contributed by atoms with Crippen LogP contribution in [0.3, 0.4) is 0 Å². The molecule has 1 fully saturated rings. The van der Waals surface area contributed by atoms with E-state index in [2.05, 4.69) is 16.6 Å². The molecule has 22 heavy (non-hydrogen) atoms. The van der Waals surface area contributed by atoms with Crippen molar-refractivity contribution in [2.75, 3.05) is 18.4 Å². The molecule has 7 heteroatoms. The largest absolute Gasteiger partial charge is 0.573 e. The lowest BCUT2D eigenvalue weighted by Crippen LogP contribution is -2.39. The van der Waals surface area contributed by atoms with E-state index in [4.69, 9.17) is 0 Å². The second-order valence-electron chi connectivity index (χ2n) is 5.48. The summed E-state index contributed by atoms with van der Waals surface area (Å²) in [5.41, 5.74) is 0.104. The lowest BCUT2D eigenvalue weighted by Gasteiger charge is -2.27. The topological polar surface area (TPSA) is 41.6 Å². The van der Waals surface area contributed by atoms with Gasteiger partial charge in [-0.25, -0.2) is 0 Å². The molecule has 0 aliphatic carbocycles. The first kappa shape index (κ1) is 16.2. The Bertz CT molecular complexity index is 574. The Morgan fingerprint density at radius 1 is 1.50 bits per heavy atom. The zero-order valence-electron chi connectivity index (χ0n) is 12.1. The third-order valence-corrected chi connectivity index (χ3v) is 3.47. The Kier molecular flexibility index (Phi) is 4.35. The number of amides is 1. The number of carbonyl (C=O) groups is 1. The van der Waals surface area contributed by atoms with Crippen molar-refractivity contribution >= 4 is 11.6 Å². The Balaban J connectivity index is 2.06. The Labute approximate surface area is 126 Å². The number of halogens is 3. The summed E-state index contributed by atoms with van der Waals surface area (Å²) in [6.45, 7) is 6.40. The highest BCUT2D eigenvalue weighted by atomic mass is 19.4. The van der Waals surface area contributed by atoms with E-state index >= 15 is 0 Å². The minimum absolute atomic E-state index is 0.153. The molecule has 0 bridgehead atoms. The fourth-order valence-electron chi connectivity index (χ4n) is 2.50. The molecule has 0 aromatic heterocycles. The lowest BCUT2D eigenvalue weighted by atomic mass is 10.0. The first-order valence-electron chi connectivity index (χ1n) is 6.76. The van der Waals surface area contributed by atoms with Crippen molar-refractivity contribution in [2.45, 2.75) is 25.2 Å². The number of hydrogen-bond acceptors (Lipinski definition) is 3. The van der Waals surface area contributed by atoms with Crippen LogP contribution in [0.15, 0.2) is 36.9 Å². The van der Waals surface area contributed by atoms with E-state index in [9.17, 15) is 18.0 Å². The smallest absolute Gasteiger partial charge is 0.406 e. The molecule has 1 unspecified atom stereocenters. The molecule has 1 N–H and O–H groups in total. The van der Waals surface area contributed by atoms with Crippen molar-refractivity contribution in [3.63, 3.8) is 0 Å². The van der Waals surface area contributed by atoms with Gasteiger partial charge in [-0.3, -0.25) is 4.79 Å². The van der Waals surface area contributed by atoms with E-state index in [0.29, 0.717) is 25.2 Å². The predicted octanol–water partition coefficient (Wildman–Crippen LogP) is 3.17. The molecule has 0 saturated carbocycles. The van der Waals surface area contributed by atoms with Gasteiger partial charge in [0.05, 0.1) is 5.54 Å². The number of nitrogens with one attached hydrogen (secondary N) is 1. The van der Waals surface area contributed by atoms with Gasteiger partial charge >= 0.3 is 6.36 Å². The van der Waals surface area contributed by atoms with Crippen LogP contribution in [0.25, 0.3) is 0 Å². The molecule has 1 aromatic rings. The molecule has 1 saturated heterocycles. The van der Waals surface area contributed by atoms with Crippen LogP contribution in [-0.2, 0) is 4.79 Å². The number of hydrogen-bond donors (Lipinski definition) is 1. The van der Waals surface area contributed by atoms with Gasteiger partial charge in [-0.1, -0.05) is 12.6 Å². The number of benzene rings is 1. The molecule has 120 valence electrons. The molecule has 0 spiro atoms. The maximum absolute atomic E-state index is 12.2. The summed E-state index contributed by atoms with van der Waals surface area (Å²) in [6, 6.07) is 5.67. The van der Waals surface area contributed by atoms with E-state index in [0.717, 1.165) is 0 Å². The fraction of sp³-hybridized carbons (Fsp3) is 0.400. The third-order valence-electron chi connectivity index (χ3n) is 3.47. The highest BCUT2D eigenvalue weighted by Crippen LogP contribution is 2.29. The normalized spacial score (nSPS) is 21.5. The number of alkyl halides is 3. The molecule has 4 nitrogen and oxygen atoms in total. The molecule has 1 heterocycles. The van der Waals surface area contributed by atoms with Gasteiger partial charge in [0, 0.05) is 24.8 Å². The van der Waals surface area contributed by atoms with Crippen molar-refractivity contribution in [2.24, 2.45) is 0 Å². The average molecular weight is 314 g/mol. The van der Waals surface area contributed by atoms with Crippen LogP contribution in [0.1, 0.15) is 13.3 Å². The summed E-state index contributed by atoms with van der Waals surface area (Å²) in [5, 5.41) is 3.18. The Morgan fingerprint density at radius 3 is 2.86 bits per heavy atom. The number of likely N-dealkylation sites (tertiary alicyclic amines) is 1. The predicted molar refractivity (Wildman–Crippen MR) is 76.5 cm³/mol. The van der Waals surface area contributed by atoms with Crippen LogP contribution >= 0.6 is 0 Å². The molecule has 0 radical (unpaired) electrons. The Morgan fingerprint density at radius 2 is 2.23 bits per heavy atom. The van der Waals surface area contributed by atoms with Crippen molar-refractivity contribution in [3.8, 4) is 5.75 Å². The summed E-state index contributed by atoms with van der Waals surface area (Å²) in [5.74, 6) is -0.433. The maximum atomic E-state index is 12.2. The first-order valence-corrected chi connectivity index (χ1v) is 6.76. The SMILES string of the molecule is C=CC(=O)N1CCC(C)(Nc2cccc(OC(F)(F)F)c2)C1. The second kappa shape index (κ2) is 5.90. The molecule has 1 atom stereocenters. The van der Waals surface area contributed by atoms with E-state index in [1.165, 1.54) is 24.3 Å². The van der Waals surface area contributed by atoms with Crippen molar-refractivity contribution in [1.82, 2.24) is 4.90 Å². The van der Waals surface area contributed by atoms with Crippen LogP contribution in [0.5, 0.6) is 5.75 Å². The van der Waals surface area contributed by atoms with Crippen LogP contribution in [-0.4, -0.2) is 35.8 Å². The third kappa shape index (κ3) is 4.16. The minimum atomic E-state index is -4.72. The fourth-order valence-corrected chi connectivity index (χ4v) is 2.50.